The molecule has 0 aliphatic heterocycles. The summed E-state index contributed by atoms with van der Waals surface area (Å²) in [6, 6.07) is 0.260. The van der Waals surface area contributed by atoms with E-state index in [0.29, 0.717) is 13.1 Å². The van der Waals surface area contributed by atoms with Gasteiger partial charge in [-0.05, 0) is 30.7 Å². The second-order valence-corrected chi connectivity index (χ2v) is 4.88. The molecule has 0 saturated carbocycles. The highest BCUT2D eigenvalue weighted by Gasteiger charge is 2.15. The van der Waals surface area contributed by atoms with E-state index in [1.165, 1.54) is 0 Å². The predicted molar refractivity (Wildman–Crippen MR) is 70.5 cm³/mol. The highest BCUT2D eigenvalue weighted by Crippen LogP contribution is 2.07. The molecule has 1 N–H and O–H groups in total. The van der Waals surface area contributed by atoms with Crippen molar-refractivity contribution in [2.45, 2.75) is 59.2 Å². The third-order valence-electron chi connectivity index (χ3n) is 3.02. The molecule has 0 saturated heterocycles. The van der Waals surface area contributed by atoms with Crippen LogP contribution in [0.5, 0.6) is 0 Å². The first-order valence-electron chi connectivity index (χ1n) is 6.75. The number of aromatic nitrogens is 4. The van der Waals surface area contributed by atoms with Crippen molar-refractivity contribution < 1.29 is 9.90 Å². The van der Waals surface area contributed by atoms with Crippen molar-refractivity contribution >= 4 is 5.97 Å². The minimum atomic E-state index is -0.781. The van der Waals surface area contributed by atoms with Crippen molar-refractivity contribution in [3.63, 3.8) is 0 Å². The quantitative estimate of drug-likeness (QED) is 0.724. The van der Waals surface area contributed by atoms with E-state index in [-0.39, 0.29) is 12.5 Å². The summed E-state index contributed by atoms with van der Waals surface area (Å²) in [6.07, 6.45) is 2.26. The van der Waals surface area contributed by atoms with Gasteiger partial charge < -0.3 is 5.11 Å². The molecule has 0 amide bonds. The van der Waals surface area contributed by atoms with E-state index in [9.17, 15) is 4.79 Å². The first-order valence-corrected chi connectivity index (χ1v) is 6.75. The zero-order chi connectivity index (χ0) is 14.3. The van der Waals surface area contributed by atoms with Gasteiger partial charge >= 0.3 is 5.97 Å². The standard InChI is InChI=1S/C12H23N5O2/c1-4-5-7-17-11(13-14-15-17)9-16(10(2)3)8-6-12(18)19/h10H,4-9H2,1-3H3,(H,18,19). The monoisotopic (exact) mass is 269 g/mol. The predicted octanol–water partition coefficient (Wildman–Crippen LogP) is 1.16. The minimum absolute atomic E-state index is 0.134. The number of aryl methyl sites for hydroxylation is 1. The van der Waals surface area contributed by atoms with Gasteiger partial charge in [0.2, 0.25) is 0 Å². The summed E-state index contributed by atoms with van der Waals surface area (Å²) in [5, 5.41) is 20.5. The maximum absolute atomic E-state index is 10.7. The number of aliphatic carboxylic acids is 1. The molecule has 1 aromatic rings. The zero-order valence-corrected chi connectivity index (χ0v) is 11.9. The van der Waals surface area contributed by atoms with E-state index < -0.39 is 5.97 Å². The average molecular weight is 269 g/mol. The first kappa shape index (κ1) is 15.6. The van der Waals surface area contributed by atoms with Crippen LogP contribution in [0.15, 0.2) is 0 Å². The van der Waals surface area contributed by atoms with E-state index in [0.717, 1.165) is 25.2 Å². The number of carboxylic acids is 1. The molecule has 1 rings (SSSR count). The molecule has 0 aliphatic rings. The van der Waals surface area contributed by atoms with Gasteiger partial charge in [-0.1, -0.05) is 13.3 Å². The molecule has 19 heavy (non-hydrogen) atoms. The Kier molecular flexibility index (Phi) is 6.41. The van der Waals surface area contributed by atoms with Crippen LogP contribution in [0, 0.1) is 0 Å². The smallest absolute Gasteiger partial charge is 0.304 e. The molecule has 1 heterocycles. The topological polar surface area (TPSA) is 84.1 Å². The van der Waals surface area contributed by atoms with Gasteiger partial charge in [-0.2, -0.15) is 0 Å². The molecule has 7 heteroatoms. The van der Waals surface area contributed by atoms with Crippen LogP contribution in [-0.4, -0.2) is 48.8 Å². The molecule has 0 bridgehead atoms. The van der Waals surface area contributed by atoms with Gasteiger partial charge in [0.15, 0.2) is 5.82 Å². The summed E-state index contributed by atoms with van der Waals surface area (Å²) in [5.41, 5.74) is 0. The molecule has 0 atom stereocenters. The van der Waals surface area contributed by atoms with Crippen LogP contribution in [0.25, 0.3) is 0 Å². The highest BCUT2D eigenvalue weighted by molar-refractivity contribution is 5.66. The minimum Gasteiger partial charge on any atom is -0.481 e. The van der Waals surface area contributed by atoms with Crippen molar-refractivity contribution in [2.75, 3.05) is 6.54 Å². The van der Waals surface area contributed by atoms with Gasteiger partial charge in [-0.25, -0.2) is 4.68 Å². The lowest BCUT2D eigenvalue weighted by molar-refractivity contribution is -0.137. The summed E-state index contributed by atoms with van der Waals surface area (Å²) in [6.45, 7) is 8.11. The number of tetrazole rings is 1. The Morgan fingerprint density at radius 1 is 1.47 bits per heavy atom. The van der Waals surface area contributed by atoms with E-state index in [1.807, 2.05) is 13.8 Å². The summed E-state index contributed by atoms with van der Waals surface area (Å²) in [4.78, 5) is 12.7. The van der Waals surface area contributed by atoms with Gasteiger partial charge in [0.25, 0.3) is 0 Å². The third-order valence-corrected chi connectivity index (χ3v) is 3.02. The molecule has 0 aliphatic carbocycles. The summed E-state index contributed by atoms with van der Waals surface area (Å²) < 4.78 is 1.81. The van der Waals surface area contributed by atoms with E-state index in [1.54, 1.807) is 4.68 Å². The van der Waals surface area contributed by atoms with Crippen LogP contribution in [0.1, 0.15) is 45.9 Å². The van der Waals surface area contributed by atoms with Crippen LogP contribution < -0.4 is 0 Å². The van der Waals surface area contributed by atoms with Crippen LogP contribution in [-0.2, 0) is 17.9 Å². The number of carbonyl (C=O) groups is 1. The van der Waals surface area contributed by atoms with E-state index in [4.69, 9.17) is 5.11 Å². The second kappa shape index (κ2) is 7.83. The SMILES string of the molecule is CCCCn1nnnc1CN(CCC(=O)O)C(C)C. The number of carboxylic acid groups (broad SMARTS) is 1. The molecule has 0 unspecified atom stereocenters. The van der Waals surface area contributed by atoms with Gasteiger partial charge in [-0.3, -0.25) is 9.69 Å². The number of hydrogen-bond donors (Lipinski definition) is 1. The van der Waals surface area contributed by atoms with Crippen LogP contribution >= 0.6 is 0 Å². The fourth-order valence-corrected chi connectivity index (χ4v) is 1.76. The number of rotatable bonds is 9. The molecular formula is C12H23N5O2. The first-order chi connectivity index (χ1) is 9.04. The van der Waals surface area contributed by atoms with Crippen molar-refractivity contribution in [1.29, 1.82) is 0 Å². The van der Waals surface area contributed by atoms with Crippen molar-refractivity contribution in [3.05, 3.63) is 5.82 Å². The lowest BCUT2D eigenvalue weighted by Crippen LogP contribution is -2.33. The fourth-order valence-electron chi connectivity index (χ4n) is 1.76. The van der Waals surface area contributed by atoms with E-state index in [2.05, 4.69) is 27.3 Å². The Hall–Kier alpha value is -1.50. The average Bonchev–Trinajstić information content (AvgIpc) is 2.78. The molecule has 0 radical (unpaired) electrons. The van der Waals surface area contributed by atoms with Gasteiger partial charge in [0.1, 0.15) is 0 Å². The maximum atomic E-state index is 10.7. The Morgan fingerprint density at radius 2 is 2.21 bits per heavy atom. The molecular weight excluding hydrogens is 246 g/mol. The Balaban J connectivity index is 2.62. The second-order valence-electron chi connectivity index (χ2n) is 4.88. The van der Waals surface area contributed by atoms with Gasteiger partial charge in [-0.15, -0.1) is 5.10 Å². The number of hydrogen-bond acceptors (Lipinski definition) is 5. The van der Waals surface area contributed by atoms with Crippen LogP contribution in [0.4, 0.5) is 0 Å². The maximum Gasteiger partial charge on any atom is 0.304 e. The summed E-state index contributed by atoms with van der Waals surface area (Å²) in [5.74, 6) is 0.0174. The molecule has 108 valence electrons. The Labute approximate surface area is 113 Å². The molecule has 0 aromatic carbocycles. The lowest BCUT2D eigenvalue weighted by Gasteiger charge is -2.24. The summed E-state index contributed by atoms with van der Waals surface area (Å²) in [7, 11) is 0. The fraction of sp³-hybridized carbons (Fsp3) is 0.833. The zero-order valence-electron chi connectivity index (χ0n) is 11.9. The van der Waals surface area contributed by atoms with Crippen molar-refractivity contribution in [1.82, 2.24) is 25.1 Å². The largest absolute Gasteiger partial charge is 0.481 e. The van der Waals surface area contributed by atoms with Crippen molar-refractivity contribution in [2.24, 2.45) is 0 Å². The highest BCUT2D eigenvalue weighted by atomic mass is 16.4. The normalized spacial score (nSPS) is 11.4. The lowest BCUT2D eigenvalue weighted by atomic mass is 10.2. The molecule has 1 aromatic heterocycles. The van der Waals surface area contributed by atoms with E-state index >= 15 is 0 Å². The molecule has 0 fully saturated rings. The molecule has 7 nitrogen and oxygen atoms in total. The van der Waals surface area contributed by atoms with Crippen LogP contribution in [0.3, 0.4) is 0 Å². The van der Waals surface area contributed by atoms with Crippen molar-refractivity contribution in [3.8, 4) is 0 Å². The van der Waals surface area contributed by atoms with Crippen LogP contribution in [0.2, 0.25) is 0 Å². The molecule has 0 spiro atoms. The number of unbranched alkanes of at least 4 members (excludes halogenated alkanes) is 1. The third kappa shape index (κ3) is 5.34. The van der Waals surface area contributed by atoms with Gasteiger partial charge in [0, 0.05) is 19.1 Å². The van der Waals surface area contributed by atoms with Gasteiger partial charge in [0.05, 0.1) is 13.0 Å². The Morgan fingerprint density at radius 3 is 2.79 bits per heavy atom. The number of nitrogens with zero attached hydrogens (tertiary/aromatic N) is 5. The summed E-state index contributed by atoms with van der Waals surface area (Å²) >= 11 is 0. The Bertz CT molecular complexity index is 391.